The molecule has 2 amide bonds. The number of hydrogen-bond acceptors (Lipinski definition) is 4. The number of piperidine rings is 1. The number of primary amides is 1. The molecule has 1 aliphatic heterocycles. The minimum Gasteiger partial charge on any atom is -0.508 e. The fraction of sp³-hybridized carbons (Fsp3) is 0.440. The zero-order valence-electron chi connectivity index (χ0n) is 19.0. The number of aromatic hydroxyl groups is 1. The molecule has 7 heteroatoms. The van der Waals surface area contributed by atoms with Gasteiger partial charge in [-0.2, -0.15) is 0 Å². The quantitative estimate of drug-likeness (QED) is 0.581. The molecule has 2 aromatic carbocycles. The van der Waals surface area contributed by atoms with Gasteiger partial charge in [0.05, 0.1) is 12.5 Å². The standard InChI is InChI=1S/C25H33N3O3.ClH/c1-4-24(31)27-21(15-23(26)30)20-10-5-6-11-22(20)28-13-12-25(3,17(2)16-28)18-8-7-9-19(29)14-18;/h5-11,14,17,21,29H,4,12-13,15-16H2,1-3H3,(H2,26,30)(H,27,31);1H. The number of phenols is 1. The zero-order chi connectivity index (χ0) is 22.6. The van der Waals surface area contributed by atoms with Crippen LogP contribution in [0.15, 0.2) is 48.5 Å². The van der Waals surface area contributed by atoms with Crippen LogP contribution in [0.2, 0.25) is 0 Å². The van der Waals surface area contributed by atoms with Crippen LogP contribution in [0.3, 0.4) is 0 Å². The monoisotopic (exact) mass is 459 g/mol. The first kappa shape index (κ1) is 25.5. The average Bonchev–Trinajstić information content (AvgIpc) is 2.75. The van der Waals surface area contributed by atoms with Gasteiger partial charge in [0.2, 0.25) is 11.8 Å². The number of amides is 2. The highest BCUT2D eigenvalue weighted by molar-refractivity contribution is 5.85. The maximum absolute atomic E-state index is 12.1. The lowest BCUT2D eigenvalue weighted by molar-refractivity contribution is -0.122. The summed E-state index contributed by atoms with van der Waals surface area (Å²) in [5.74, 6) is 0.0693. The summed E-state index contributed by atoms with van der Waals surface area (Å²) in [4.78, 5) is 26.1. The Morgan fingerprint density at radius 3 is 2.59 bits per heavy atom. The summed E-state index contributed by atoms with van der Waals surface area (Å²) in [6, 6.07) is 15.0. The van der Waals surface area contributed by atoms with Crippen molar-refractivity contribution < 1.29 is 14.7 Å². The number of hydrogen-bond donors (Lipinski definition) is 3. The van der Waals surface area contributed by atoms with E-state index in [0.29, 0.717) is 18.1 Å². The van der Waals surface area contributed by atoms with E-state index in [1.807, 2.05) is 36.4 Å². The molecular formula is C25H34ClN3O3. The number of nitrogens with one attached hydrogen (secondary N) is 1. The van der Waals surface area contributed by atoms with E-state index in [2.05, 4.69) is 30.1 Å². The van der Waals surface area contributed by atoms with Gasteiger partial charge in [0.25, 0.3) is 0 Å². The number of rotatable bonds is 7. The van der Waals surface area contributed by atoms with E-state index in [1.54, 1.807) is 13.0 Å². The van der Waals surface area contributed by atoms with E-state index in [-0.39, 0.29) is 30.2 Å². The normalized spacial score (nSPS) is 21.3. The minimum absolute atomic E-state index is 0. The van der Waals surface area contributed by atoms with Gasteiger partial charge in [-0.05, 0) is 47.1 Å². The van der Waals surface area contributed by atoms with Crippen molar-refractivity contribution in [2.75, 3.05) is 18.0 Å². The number of nitrogens with two attached hydrogens (primary N) is 1. The van der Waals surface area contributed by atoms with Crippen LogP contribution < -0.4 is 16.0 Å². The molecule has 1 saturated heterocycles. The van der Waals surface area contributed by atoms with Crippen molar-refractivity contribution in [1.82, 2.24) is 5.32 Å². The summed E-state index contributed by atoms with van der Waals surface area (Å²) in [7, 11) is 0. The Bertz CT molecular complexity index is 952. The van der Waals surface area contributed by atoms with E-state index in [0.717, 1.165) is 36.3 Å². The van der Waals surface area contributed by atoms with Gasteiger partial charge in [-0.15, -0.1) is 12.4 Å². The Labute approximate surface area is 196 Å². The maximum Gasteiger partial charge on any atom is 0.220 e. The van der Waals surface area contributed by atoms with E-state index in [1.165, 1.54) is 0 Å². The third-order valence-corrected chi connectivity index (χ3v) is 6.70. The number of nitrogens with zero attached hydrogens (tertiary/aromatic N) is 1. The average molecular weight is 460 g/mol. The topological polar surface area (TPSA) is 95.7 Å². The third-order valence-electron chi connectivity index (χ3n) is 6.70. The Balaban J connectivity index is 0.00000363. The third kappa shape index (κ3) is 5.54. The van der Waals surface area contributed by atoms with Gasteiger partial charge < -0.3 is 21.1 Å². The van der Waals surface area contributed by atoms with Gasteiger partial charge in [0.1, 0.15) is 5.75 Å². The lowest BCUT2D eigenvalue weighted by Crippen LogP contribution is -2.48. The van der Waals surface area contributed by atoms with E-state index in [4.69, 9.17) is 5.73 Å². The molecule has 1 aliphatic rings. The molecule has 6 nitrogen and oxygen atoms in total. The van der Waals surface area contributed by atoms with Crippen LogP contribution in [-0.2, 0) is 15.0 Å². The van der Waals surface area contributed by atoms with Crippen molar-refractivity contribution in [3.05, 3.63) is 59.7 Å². The Morgan fingerprint density at radius 1 is 1.25 bits per heavy atom. The molecule has 174 valence electrons. The van der Waals surface area contributed by atoms with Crippen LogP contribution >= 0.6 is 12.4 Å². The SMILES string of the molecule is CCC(=O)NC(CC(N)=O)c1ccccc1N1CCC(C)(c2cccc(O)c2)C(C)C1.Cl. The molecule has 0 saturated carbocycles. The van der Waals surface area contributed by atoms with Crippen molar-refractivity contribution in [1.29, 1.82) is 0 Å². The summed E-state index contributed by atoms with van der Waals surface area (Å²) in [6.45, 7) is 7.94. The summed E-state index contributed by atoms with van der Waals surface area (Å²) in [5.41, 5.74) is 8.52. The molecule has 0 bridgehead atoms. The predicted octanol–water partition coefficient (Wildman–Crippen LogP) is 4.06. The minimum atomic E-state index is -0.448. The highest BCUT2D eigenvalue weighted by Gasteiger charge is 2.39. The van der Waals surface area contributed by atoms with Crippen LogP contribution in [0.4, 0.5) is 5.69 Å². The first-order chi connectivity index (χ1) is 14.7. The number of halogens is 1. The van der Waals surface area contributed by atoms with Gasteiger partial charge in [-0.1, -0.05) is 51.1 Å². The molecule has 1 fully saturated rings. The van der Waals surface area contributed by atoms with Crippen molar-refractivity contribution >= 4 is 29.9 Å². The van der Waals surface area contributed by atoms with Crippen molar-refractivity contribution in [2.45, 2.75) is 51.5 Å². The molecule has 3 atom stereocenters. The predicted molar refractivity (Wildman–Crippen MR) is 130 cm³/mol. The Kier molecular flexibility index (Phi) is 8.56. The number of benzene rings is 2. The van der Waals surface area contributed by atoms with Crippen molar-refractivity contribution in [3.8, 4) is 5.75 Å². The van der Waals surface area contributed by atoms with Crippen molar-refractivity contribution in [3.63, 3.8) is 0 Å². The highest BCUT2D eigenvalue weighted by Crippen LogP contribution is 2.42. The second kappa shape index (κ2) is 10.7. The second-order valence-electron chi connectivity index (χ2n) is 8.77. The number of phenolic OH excluding ortho intramolecular Hbond substituents is 1. The van der Waals surface area contributed by atoms with E-state index in [9.17, 15) is 14.7 Å². The molecule has 4 N–H and O–H groups in total. The molecule has 0 radical (unpaired) electrons. The van der Waals surface area contributed by atoms with Gasteiger partial charge in [0, 0.05) is 25.2 Å². The molecule has 1 heterocycles. The molecule has 2 aromatic rings. The first-order valence-electron chi connectivity index (χ1n) is 11.0. The van der Waals surface area contributed by atoms with Crippen molar-refractivity contribution in [2.24, 2.45) is 11.7 Å². The van der Waals surface area contributed by atoms with E-state index >= 15 is 0 Å². The van der Waals surface area contributed by atoms with Crippen LogP contribution in [0.1, 0.15) is 57.2 Å². The zero-order valence-corrected chi connectivity index (χ0v) is 19.8. The summed E-state index contributed by atoms with van der Waals surface area (Å²) in [5, 5.41) is 12.9. The van der Waals surface area contributed by atoms with Gasteiger partial charge in [-0.25, -0.2) is 0 Å². The number of para-hydroxylation sites is 1. The summed E-state index contributed by atoms with van der Waals surface area (Å²) >= 11 is 0. The lowest BCUT2D eigenvalue weighted by Gasteiger charge is -2.46. The van der Waals surface area contributed by atoms with Crippen LogP contribution in [0.25, 0.3) is 0 Å². The van der Waals surface area contributed by atoms with Gasteiger partial charge in [-0.3, -0.25) is 9.59 Å². The lowest BCUT2D eigenvalue weighted by atomic mass is 9.68. The van der Waals surface area contributed by atoms with Crippen LogP contribution in [0, 0.1) is 5.92 Å². The molecule has 3 rings (SSSR count). The Morgan fingerprint density at radius 2 is 1.97 bits per heavy atom. The Hall–Kier alpha value is -2.73. The van der Waals surface area contributed by atoms with Gasteiger partial charge >= 0.3 is 0 Å². The molecule has 32 heavy (non-hydrogen) atoms. The number of carbonyl (C=O) groups is 2. The molecule has 3 unspecified atom stereocenters. The smallest absolute Gasteiger partial charge is 0.220 e. The van der Waals surface area contributed by atoms with Crippen LogP contribution in [-0.4, -0.2) is 30.0 Å². The number of carbonyl (C=O) groups excluding carboxylic acids is 2. The maximum atomic E-state index is 12.1. The fourth-order valence-corrected chi connectivity index (χ4v) is 4.55. The van der Waals surface area contributed by atoms with E-state index < -0.39 is 11.9 Å². The molecule has 0 aliphatic carbocycles. The highest BCUT2D eigenvalue weighted by atomic mass is 35.5. The number of anilines is 1. The van der Waals surface area contributed by atoms with Gasteiger partial charge in [0.15, 0.2) is 0 Å². The fourth-order valence-electron chi connectivity index (χ4n) is 4.55. The first-order valence-corrected chi connectivity index (χ1v) is 11.0. The molecule has 0 aromatic heterocycles. The molecule has 0 spiro atoms. The summed E-state index contributed by atoms with van der Waals surface area (Å²) in [6.07, 6.45) is 1.33. The summed E-state index contributed by atoms with van der Waals surface area (Å²) < 4.78 is 0. The molecular weight excluding hydrogens is 426 g/mol. The second-order valence-corrected chi connectivity index (χ2v) is 8.77. The largest absolute Gasteiger partial charge is 0.508 e. The van der Waals surface area contributed by atoms with Crippen LogP contribution in [0.5, 0.6) is 5.75 Å².